The van der Waals surface area contributed by atoms with E-state index in [1.54, 1.807) is 18.2 Å². The van der Waals surface area contributed by atoms with E-state index >= 15 is 0 Å². The molecule has 0 saturated heterocycles. The number of hydrogen-bond acceptors (Lipinski definition) is 2. The summed E-state index contributed by atoms with van der Waals surface area (Å²) in [7, 11) is 0. The largest absolute Gasteiger partial charge is 0.389 e. The summed E-state index contributed by atoms with van der Waals surface area (Å²) in [6.07, 6.45) is 6.79. The molecule has 1 N–H and O–H groups in total. The molecule has 1 aromatic carbocycles. The molecule has 1 aromatic rings. The first-order valence-electron chi connectivity index (χ1n) is 6.52. The Bertz CT molecular complexity index is 450. The summed E-state index contributed by atoms with van der Waals surface area (Å²) in [5.41, 5.74) is 0.692. The summed E-state index contributed by atoms with van der Waals surface area (Å²) in [4.78, 5) is 11.6. The van der Waals surface area contributed by atoms with Crippen molar-refractivity contribution in [1.82, 2.24) is 0 Å². The Kier molecular flexibility index (Phi) is 5.71. The Morgan fingerprint density at radius 2 is 1.89 bits per heavy atom. The SMILES string of the molecule is CC(C)(C)C(=O)C=CC[C@@H](O)C=Cc1ccccc1. The van der Waals surface area contributed by atoms with Crippen LogP contribution in [0.5, 0.6) is 0 Å². The second-order valence-corrected chi connectivity index (χ2v) is 5.59. The first-order chi connectivity index (χ1) is 8.89. The fourth-order valence-corrected chi connectivity index (χ4v) is 1.43. The highest BCUT2D eigenvalue weighted by Gasteiger charge is 2.17. The molecule has 0 heterocycles. The van der Waals surface area contributed by atoms with Crippen LogP contribution in [0.3, 0.4) is 0 Å². The van der Waals surface area contributed by atoms with E-state index in [0.29, 0.717) is 6.42 Å². The van der Waals surface area contributed by atoms with Crippen molar-refractivity contribution >= 4 is 11.9 Å². The van der Waals surface area contributed by atoms with E-state index in [4.69, 9.17) is 0 Å². The van der Waals surface area contributed by atoms with Crippen LogP contribution < -0.4 is 0 Å². The molecule has 0 amide bonds. The molecule has 0 saturated carbocycles. The summed E-state index contributed by atoms with van der Waals surface area (Å²) in [6.45, 7) is 5.64. The second-order valence-electron chi connectivity index (χ2n) is 5.59. The smallest absolute Gasteiger partial charge is 0.160 e. The van der Waals surface area contributed by atoms with Crippen LogP contribution in [0.15, 0.2) is 48.6 Å². The third kappa shape index (κ3) is 6.16. The Morgan fingerprint density at radius 3 is 2.47 bits per heavy atom. The molecule has 0 aromatic heterocycles. The van der Waals surface area contributed by atoms with Gasteiger partial charge < -0.3 is 5.11 Å². The molecule has 19 heavy (non-hydrogen) atoms. The normalized spacial score (nSPS) is 14.1. The number of hydrogen-bond donors (Lipinski definition) is 1. The van der Waals surface area contributed by atoms with Gasteiger partial charge in [0.2, 0.25) is 0 Å². The highest BCUT2D eigenvalue weighted by molar-refractivity contribution is 5.93. The number of rotatable bonds is 5. The lowest BCUT2D eigenvalue weighted by molar-refractivity contribution is -0.121. The van der Waals surface area contributed by atoms with E-state index in [9.17, 15) is 9.90 Å². The van der Waals surface area contributed by atoms with Crippen molar-refractivity contribution in [2.75, 3.05) is 0 Å². The van der Waals surface area contributed by atoms with Gasteiger partial charge in [-0.2, -0.15) is 0 Å². The zero-order valence-electron chi connectivity index (χ0n) is 11.8. The van der Waals surface area contributed by atoms with Crippen molar-refractivity contribution in [1.29, 1.82) is 0 Å². The molecular formula is C17H22O2. The number of allylic oxidation sites excluding steroid dienone is 1. The molecule has 0 fully saturated rings. The van der Waals surface area contributed by atoms with Gasteiger partial charge in [0.05, 0.1) is 6.10 Å². The summed E-state index contributed by atoms with van der Waals surface area (Å²) in [6, 6.07) is 9.81. The van der Waals surface area contributed by atoms with E-state index in [1.165, 1.54) is 0 Å². The minimum atomic E-state index is -0.566. The second kappa shape index (κ2) is 7.05. The fourth-order valence-electron chi connectivity index (χ4n) is 1.43. The van der Waals surface area contributed by atoms with Gasteiger partial charge in [-0.1, -0.05) is 69.3 Å². The maximum atomic E-state index is 11.6. The number of carbonyl (C=O) groups is 1. The van der Waals surface area contributed by atoms with Crippen molar-refractivity contribution in [2.24, 2.45) is 5.41 Å². The van der Waals surface area contributed by atoms with Crippen LogP contribution in [-0.2, 0) is 4.79 Å². The predicted molar refractivity (Wildman–Crippen MR) is 79.7 cm³/mol. The van der Waals surface area contributed by atoms with Gasteiger partial charge in [0, 0.05) is 5.41 Å². The van der Waals surface area contributed by atoms with E-state index in [0.717, 1.165) is 5.56 Å². The monoisotopic (exact) mass is 258 g/mol. The Labute approximate surface area is 115 Å². The average molecular weight is 258 g/mol. The molecule has 2 nitrogen and oxygen atoms in total. The number of carbonyl (C=O) groups excluding carboxylic acids is 1. The lowest BCUT2D eigenvalue weighted by atomic mass is 9.90. The van der Waals surface area contributed by atoms with Crippen LogP contribution in [0, 0.1) is 5.41 Å². The fraction of sp³-hybridized carbons (Fsp3) is 0.353. The van der Waals surface area contributed by atoms with E-state index in [2.05, 4.69) is 0 Å². The van der Waals surface area contributed by atoms with Gasteiger partial charge in [-0.3, -0.25) is 4.79 Å². The highest BCUT2D eigenvalue weighted by atomic mass is 16.3. The number of aliphatic hydroxyl groups excluding tert-OH is 1. The summed E-state index contributed by atoms with van der Waals surface area (Å²) >= 11 is 0. The molecule has 0 radical (unpaired) electrons. The van der Waals surface area contributed by atoms with Crippen molar-refractivity contribution in [3.8, 4) is 0 Å². The molecular weight excluding hydrogens is 236 g/mol. The Balaban J connectivity index is 2.44. The average Bonchev–Trinajstić information content (AvgIpc) is 2.36. The zero-order chi connectivity index (χ0) is 14.3. The van der Waals surface area contributed by atoms with E-state index < -0.39 is 6.10 Å². The Morgan fingerprint density at radius 1 is 1.26 bits per heavy atom. The lowest BCUT2D eigenvalue weighted by Crippen LogP contribution is -2.17. The maximum Gasteiger partial charge on any atom is 0.160 e. The van der Waals surface area contributed by atoms with Crippen molar-refractivity contribution in [3.05, 3.63) is 54.1 Å². The third-order valence-corrected chi connectivity index (χ3v) is 2.70. The summed E-state index contributed by atoms with van der Waals surface area (Å²) in [5.74, 6) is 0.0757. The number of ketones is 1. The number of aliphatic hydroxyl groups is 1. The molecule has 0 bridgehead atoms. The minimum absolute atomic E-state index is 0.0757. The predicted octanol–water partition coefficient (Wildman–Crippen LogP) is 3.62. The lowest BCUT2D eigenvalue weighted by Gasteiger charge is -2.13. The quantitative estimate of drug-likeness (QED) is 0.819. The standard InChI is InChI=1S/C17H22O2/c1-17(2,3)16(19)11-7-10-15(18)13-12-14-8-5-4-6-9-14/h4-9,11-13,15,18H,10H2,1-3H3/t15-/m1/s1. The zero-order valence-corrected chi connectivity index (χ0v) is 11.8. The van der Waals surface area contributed by atoms with Crippen LogP contribution in [0.4, 0.5) is 0 Å². The molecule has 1 rings (SSSR count). The van der Waals surface area contributed by atoms with Gasteiger partial charge >= 0.3 is 0 Å². The minimum Gasteiger partial charge on any atom is -0.389 e. The van der Waals surface area contributed by atoms with Crippen molar-refractivity contribution in [2.45, 2.75) is 33.3 Å². The van der Waals surface area contributed by atoms with E-state index in [-0.39, 0.29) is 11.2 Å². The van der Waals surface area contributed by atoms with Crippen LogP contribution >= 0.6 is 0 Å². The Hall–Kier alpha value is -1.67. The first-order valence-corrected chi connectivity index (χ1v) is 6.52. The van der Waals surface area contributed by atoms with Gasteiger partial charge in [0.15, 0.2) is 5.78 Å². The molecule has 1 atom stereocenters. The maximum absolute atomic E-state index is 11.6. The van der Waals surface area contributed by atoms with Crippen LogP contribution in [0.1, 0.15) is 32.8 Å². The molecule has 0 aliphatic rings. The topological polar surface area (TPSA) is 37.3 Å². The van der Waals surface area contributed by atoms with Gasteiger partial charge in [-0.15, -0.1) is 0 Å². The van der Waals surface area contributed by atoms with Gasteiger partial charge in [0.1, 0.15) is 0 Å². The summed E-state index contributed by atoms with van der Waals surface area (Å²) in [5, 5.41) is 9.78. The van der Waals surface area contributed by atoms with Gasteiger partial charge in [-0.05, 0) is 18.1 Å². The van der Waals surface area contributed by atoms with Crippen LogP contribution in [0.2, 0.25) is 0 Å². The first kappa shape index (κ1) is 15.4. The molecule has 0 spiro atoms. The van der Waals surface area contributed by atoms with E-state index in [1.807, 2.05) is 57.2 Å². The summed E-state index contributed by atoms with van der Waals surface area (Å²) < 4.78 is 0. The highest BCUT2D eigenvalue weighted by Crippen LogP contribution is 2.15. The molecule has 0 aliphatic carbocycles. The molecule has 102 valence electrons. The van der Waals surface area contributed by atoms with Crippen LogP contribution in [0.25, 0.3) is 6.08 Å². The van der Waals surface area contributed by atoms with Gasteiger partial charge in [0.25, 0.3) is 0 Å². The third-order valence-electron chi connectivity index (χ3n) is 2.70. The molecule has 2 heteroatoms. The van der Waals surface area contributed by atoms with Crippen molar-refractivity contribution in [3.63, 3.8) is 0 Å². The van der Waals surface area contributed by atoms with Crippen LogP contribution in [-0.4, -0.2) is 17.0 Å². The number of benzene rings is 1. The molecule has 0 aliphatic heterocycles. The molecule has 0 unspecified atom stereocenters. The van der Waals surface area contributed by atoms with Gasteiger partial charge in [-0.25, -0.2) is 0 Å². The van der Waals surface area contributed by atoms with Crippen molar-refractivity contribution < 1.29 is 9.90 Å².